The Kier molecular flexibility index (Phi) is 10.9. The fraction of sp³-hybridized carbons (Fsp3) is 0.531. The average molecular weight is 523 g/mol. The second-order valence-corrected chi connectivity index (χ2v) is 10.0. The predicted octanol–water partition coefficient (Wildman–Crippen LogP) is 6.93. The summed E-state index contributed by atoms with van der Waals surface area (Å²) in [4.78, 5) is 12.1. The van der Waals surface area contributed by atoms with Crippen molar-refractivity contribution in [3.8, 4) is 17.2 Å². The Morgan fingerprint density at radius 1 is 0.842 bits per heavy atom. The van der Waals surface area contributed by atoms with Gasteiger partial charge in [-0.15, -0.1) is 0 Å². The van der Waals surface area contributed by atoms with Gasteiger partial charge < -0.3 is 23.7 Å². The maximum Gasteiger partial charge on any atom is 0.335 e. The number of hydrogen-bond donors (Lipinski definition) is 0. The van der Waals surface area contributed by atoms with Gasteiger partial charge in [-0.25, -0.2) is 4.79 Å². The van der Waals surface area contributed by atoms with Crippen molar-refractivity contribution in [3.63, 3.8) is 0 Å². The molecular weight excluding hydrogens is 480 g/mol. The van der Waals surface area contributed by atoms with Crippen LogP contribution in [0.2, 0.25) is 0 Å². The van der Waals surface area contributed by atoms with E-state index in [1.807, 2.05) is 43.3 Å². The zero-order chi connectivity index (χ0) is 26.6. The van der Waals surface area contributed by atoms with E-state index in [0.717, 1.165) is 54.1 Å². The molecule has 6 heteroatoms. The van der Waals surface area contributed by atoms with Gasteiger partial charge in [0.1, 0.15) is 23.9 Å². The van der Waals surface area contributed by atoms with Gasteiger partial charge in [-0.05, 0) is 107 Å². The lowest BCUT2D eigenvalue weighted by Gasteiger charge is -2.17. The Balaban J connectivity index is 1.33. The average Bonchev–Trinajstić information content (AvgIpc) is 3.62. The highest BCUT2D eigenvalue weighted by atomic mass is 16.6. The minimum atomic E-state index is -0.592. The van der Waals surface area contributed by atoms with Gasteiger partial charge in [0.2, 0.25) is 0 Å². The second-order valence-electron chi connectivity index (χ2n) is 10.0. The number of carbonyl (C=O) groups excluding carboxylic acids is 1. The molecule has 2 saturated carbocycles. The predicted molar refractivity (Wildman–Crippen MR) is 149 cm³/mol. The monoisotopic (exact) mass is 522 g/mol. The van der Waals surface area contributed by atoms with Gasteiger partial charge >= 0.3 is 5.97 Å². The number of ether oxygens (including phenoxy) is 5. The molecule has 0 amide bonds. The molecule has 0 heterocycles. The van der Waals surface area contributed by atoms with Crippen molar-refractivity contribution in [1.82, 2.24) is 0 Å². The first kappa shape index (κ1) is 28.0. The summed E-state index contributed by atoms with van der Waals surface area (Å²) >= 11 is 0. The largest absolute Gasteiger partial charge is 0.490 e. The third kappa shape index (κ3) is 8.80. The highest BCUT2D eigenvalue weighted by molar-refractivity contribution is 5.75. The van der Waals surface area contributed by atoms with Crippen LogP contribution in [0.5, 0.6) is 17.2 Å². The van der Waals surface area contributed by atoms with E-state index < -0.39 is 6.10 Å². The lowest BCUT2D eigenvalue weighted by atomic mass is 10.1. The van der Waals surface area contributed by atoms with E-state index in [-0.39, 0.29) is 5.97 Å². The lowest BCUT2D eigenvalue weighted by Crippen LogP contribution is -2.28. The van der Waals surface area contributed by atoms with E-state index in [1.165, 1.54) is 25.7 Å². The molecule has 2 aromatic carbocycles. The number of benzene rings is 2. The fourth-order valence-corrected chi connectivity index (χ4v) is 5.13. The summed E-state index contributed by atoms with van der Waals surface area (Å²) < 4.78 is 29.2. The van der Waals surface area contributed by atoms with E-state index in [1.54, 1.807) is 6.92 Å². The van der Waals surface area contributed by atoms with Crippen molar-refractivity contribution in [2.45, 2.75) is 89.9 Å². The van der Waals surface area contributed by atoms with Gasteiger partial charge in [0.25, 0.3) is 0 Å². The molecule has 6 nitrogen and oxygen atoms in total. The van der Waals surface area contributed by atoms with E-state index in [2.05, 4.69) is 18.2 Å². The molecular formula is C32H42O6. The molecule has 0 unspecified atom stereocenters. The topological polar surface area (TPSA) is 63.2 Å². The molecule has 2 aliphatic carbocycles. The van der Waals surface area contributed by atoms with E-state index >= 15 is 0 Å². The van der Waals surface area contributed by atoms with Crippen molar-refractivity contribution in [2.24, 2.45) is 0 Å². The first-order valence-electron chi connectivity index (χ1n) is 14.3. The maximum absolute atomic E-state index is 12.1. The summed E-state index contributed by atoms with van der Waals surface area (Å²) in [6, 6.07) is 14.0. The van der Waals surface area contributed by atoms with Crippen LogP contribution in [-0.4, -0.2) is 44.1 Å². The Hall–Kier alpha value is -2.99. The molecule has 0 spiro atoms. The summed E-state index contributed by atoms with van der Waals surface area (Å²) in [5.74, 6) is 2.22. The molecule has 0 aliphatic heterocycles. The van der Waals surface area contributed by atoms with Crippen molar-refractivity contribution >= 4 is 12.0 Å². The van der Waals surface area contributed by atoms with Crippen LogP contribution in [0.15, 0.2) is 48.5 Å². The smallest absolute Gasteiger partial charge is 0.335 e. The van der Waals surface area contributed by atoms with Gasteiger partial charge in [0, 0.05) is 19.1 Å². The van der Waals surface area contributed by atoms with Gasteiger partial charge in [0.05, 0.1) is 18.8 Å². The molecule has 2 aromatic rings. The van der Waals surface area contributed by atoms with Gasteiger partial charge in [-0.3, -0.25) is 0 Å². The number of hydrogen-bond acceptors (Lipinski definition) is 6. The molecule has 206 valence electrons. The summed E-state index contributed by atoms with van der Waals surface area (Å²) in [6.45, 7) is 4.91. The van der Waals surface area contributed by atoms with E-state index in [9.17, 15) is 4.79 Å². The van der Waals surface area contributed by atoms with Gasteiger partial charge in [-0.2, -0.15) is 0 Å². The van der Waals surface area contributed by atoms with Crippen molar-refractivity contribution < 1.29 is 28.5 Å². The SMILES string of the molecule is CCOC(=O)[C@H](Cc1ccc(OC/C=C/c2cc(OC3CCCC3)cc(OC3CCCC3)c2)cc1)OCC. The lowest BCUT2D eigenvalue weighted by molar-refractivity contribution is -0.156. The molecule has 0 aromatic heterocycles. The molecule has 2 aliphatic rings. The molecule has 4 rings (SSSR count). The quantitative estimate of drug-likeness (QED) is 0.251. The Morgan fingerprint density at radius 2 is 1.45 bits per heavy atom. The van der Waals surface area contributed by atoms with Gasteiger partial charge in [-0.1, -0.05) is 18.2 Å². The molecule has 38 heavy (non-hydrogen) atoms. The van der Waals surface area contributed by atoms with Crippen LogP contribution in [0.1, 0.15) is 76.3 Å². The van der Waals surface area contributed by atoms with E-state index in [4.69, 9.17) is 23.7 Å². The van der Waals surface area contributed by atoms with E-state index in [0.29, 0.717) is 38.4 Å². The molecule has 0 radical (unpaired) electrons. The van der Waals surface area contributed by atoms with Crippen LogP contribution in [0.4, 0.5) is 0 Å². The molecule has 0 saturated heterocycles. The van der Waals surface area contributed by atoms with Crippen LogP contribution in [0, 0.1) is 0 Å². The number of carbonyl (C=O) groups is 1. The highest BCUT2D eigenvalue weighted by Gasteiger charge is 2.21. The van der Waals surface area contributed by atoms with Crippen LogP contribution in [0.25, 0.3) is 6.08 Å². The van der Waals surface area contributed by atoms with Crippen LogP contribution >= 0.6 is 0 Å². The van der Waals surface area contributed by atoms with Crippen LogP contribution < -0.4 is 14.2 Å². The third-order valence-electron chi connectivity index (χ3n) is 7.03. The normalized spacial score (nSPS) is 17.1. The summed E-state index contributed by atoms with van der Waals surface area (Å²) in [6.07, 6.45) is 14.0. The zero-order valence-electron chi connectivity index (χ0n) is 22.9. The van der Waals surface area contributed by atoms with Crippen LogP contribution in [0.3, 0.4) is 0 Å². The Morgan fingerprint density at radius 3 is 2.00 bits per heavy atom. The first-order valence-corrected chi connectivity index (χ1v) is 14.3. The summed E-state index contributed by atoms with van der Waals surface area (Å²) in [7, 11) is 0. The Bertz CT molecular complexity index is 982. The first-order chi connectivity index (χ1) is 18.6. The minimum absolute atomic E-state index is 0.306. The fourth-order valence-electron chi connectivity index (χ4n) is 5.13. The van der Waals surface area contributed by atoms with Crippen molar-refractivity contribution in [3.05, 3.63) is 59.7 Å². The maximum atomic E-state index is 12.1. The zero-order valence-corrected chi connectivity index (χ0v) is 22.9. The minimum Gasteiger partial charge on any atom is -0.490 e. The van der Waals surface area contributed by atoms with Crippen molar-refractivity contribution in [1.29, 1.82) is 0 Å². The third-order valence-corrected chi connectivity index (χ3v) is 7.03. The molecule has 0 bridgehead atoms. The second kappa shape index (κ2) is 14.8. The van der Waals surface area contributed by atoms with Crippen LogP contribution in [-0.2, 0) is 20.7 Å². The number of esters is 1. The highest BCUT2D eigenvalue weighted by Crippen LogP contribution is 2.31. The molecule has 1 atom stereocenters. The summed E-state index contributed by atoms with van der Waals surface area (Å²) in [5.41, 5.74) is 2.04. The molecule has 0 N–H and O–H groups in total. The van der Waals surface area contributed by atoms with Gasteiger partial charge in [0.15, 0.2) is 6.10 Å². The number of rotatable bonds is 14. The standard InChI is InChI=1S/C32H42O6/c1-3-34-31(32(33)35-4-2)22-24-15-17-26(18-16-24)36-19-9-10-25-20-29(37-27-11-5-6-12-27)23-30(21-25)38-28-13-7-8-14-28/h9-10,15-18,20-21,23,27-28,31H,3-8,11-14,19,22H2,1-2H3/b10-9+/t31-/m0/s1. The molecule has 2 fully saturated rings. The van der Waals surface area contributed by atoms with Crippen molar-refractivity contribution in [2.75, 3.05) is 19.8 Å². The Labute approximate surface area is 227 Å². The summed E-state index contributed by atoms with van der Waals surface area (Å²) in [5, 5.41) is 0.